The summed E-state index contributed by atoms with van der Waals surface area (Å²) in [5.41, 5.74) is 3.89. The number of aryl methyl sites for hydroxylation is 1. The Kier molecular flexibility index (Phi) is 7.14. The van der Waals surface area contributed by atoms with Crippen molar-refractivity contribution in [2.45, 2.75) is 50.3 Å². The molecule has 0 saturated heterocycles. The van der Waals surface area contributed by atoms with Crippen molar-refractivity contribution in [3.63, 3.8) is 0 Å². The van der Waals surface area contributed by atoms with Crippen LogP contribution in [0, 0.1) is 0 Å². The smallest absolute Gasteiger partial charge is 0.233 e. The Morgan fingerprint density at radius 1 is 0.941 bits per heavy atom. The van der Waals surface area contributed by atoms with Crippen molar-refractivity contribution in [1.29, 1.82) is 0 Å². The molecule has 0 bridgehead atoms. The number of thiazole rings is 1. The predicted molar refractivity (Wildman–Crippen MR) is 139 cm³/mol. The molecule has 3 aromatic carbocycles. The second kappa shape index (κ2) is 10.1. The van der Waals surface area contributed by atoms with Gasteiger partial charge in [0.15, 0.2) is 15.0 Å². The van der Waals surface area contributed by atoms with Crippen LogP contribution in [0.3, 0.4) is 0 Å². The number of nitrogens with zero attached hydrogens (tertiary/aromatic N) is 2. The van der Waals surface area contributed by atoms with Crippen LogP contribution in [0.25, 0.3) is 10.2 Å². The highest BCUT2D eigenvalue weighted by molar-refractivity contribution is 7.92. The van der Waals surface area contributed by atoms with Crippen LogP contribution in [0.1, 0.15) is 37.5 Å². The third kappa shape index (κ3) is 5.05. The minimum Gasteiger partial charge on any atom is -0.283 e. The number of rotatable bonds is 8. The average molecular weight is 493 g/mol. The van der Waals surface area contributed by atoms with Gasteiger partial charge in [-0.05, 0) is 55.2 Å². The molecule has 4 rings (SSSR count). The van der Waals surface area contributed by atoms with E-state index in [2.05, 4.69) is 13.0 Å². The number of benzene rings is 3. The minimum atomic E-state index is -3.35. The second-order valence-corrected chi connectivity index (χ2v) is 12.0. The van der Waals surface area contributed by atoms with E-state index < -0.39 is 15.1 Å². The molecular weight excluding hydrogens is 464 g/mol. The summed E-state index contributed by atoms with van der Waals surface area (Å²) >= 11 is 1.52. The van der Waals surface area contributed by atoms with Crippen molar-refractivity contribution in [3.8, 4) is 0 Å². The largest absolute Gasteiger partial charge is 0.283 e. The molecule has 0 radical (unpaired) electrons. The molecule has 34 heavy (non-hydrogen) atoms. The van der Waals surface area contributed by atoms with Gasteiger partial charge in [0.1, 0.15) is 0 Å². The van der Waals surface area contributed by atoms with Gasteiger partial charge in [-0.3, -0.25) is 9.69 Å². The zero-order valence-corrected chi connectivity index (χ0v) is 21.2. The lowest BCUT2D eigenvalue weighted by Crippen LogP contribution is -2.31. The van der Waals surface area contributed by atoms with Crippen molar-refractivity contribution in [3.05, 3.63) is 89.5 Å². The van der Waals surface area contributed by atoms with Gasteiger partial charge >= 0.3 is 0 Å². The van der Waals surface area contributed by atoms with Gasteiger partial charge in [0.05, 0.1) is 33.3 Å². The minimum absolute atomic E-state index is 0.0829. The molecule has 7 heteroatoms. The fourth-order valence-electron chi connectivity index (χ4n) is 3.76. The van der Waals surface area contributed by atoms with Crippen molar-refractivity contribution < 1.29 is 13.2 Å². The van der Waals surface area contributed by atoms with Crippen LogP contribution in [-0.4, -0.2) is 24.6 Å². The van der Waals surface area contributed by atoms with Crippen LogP contribution >= 0.6 is 11.3 Å². The number of aromatic nitrogens is 1. The summed E-state index contributed by atoms with van der Waals surface area (Å²) in [6.45, 7) is 5.84. The Morgan fingerprint density at radius 2 is 1.65 bits per heavy atom. The molecule has 176 valence electrons. The van der Waals surface area contributed by atoms with Crippen LogP contribution in [0.2, 0.25) is 0 Å². The van der Waals surface area contributed by atoms with Crippen molar-refractivity contribution >= 4 is 42.4 Å². The fourth-order valence-corrected chi connectivity index (χ4v) is 5.85. The molecule has 0 aliphatic carbocycles. The molecule has 5 nitrogen and oxygen atoms in total. The number of carbonyl (C=O) groups is 1. The van der Waals surface area contributed by atoms with Crippen LogP contribution in [-0.2, 0) is 34.0 Å². The van der Waals surface area contributed by atoms with Gasteiger partial charge in [-0.15, -0.1) is 0 Å². The van der Waals surface area contributed by atoms with Crippen LogP contribution in [0.15, 0.2) is 77.7 Å². The van der Waals surface area contributed by atoms with Gasteiger partial charge in [-0.25, -0.2) is 13.4 Å². The number of para-hydroxylation sites is 1. The molecule has 0 unspecified atom stereocenters. The zero-order valence-electron chi connectivity index (χ0n) is 19.6. The molecule has 0 spiro atoms. The summed E-state index contributed by atoms with van der Waals surface area (Å²) in [4.78, 5) is 20.4. The highest BCUT2D eigenvalue weighted by Gasteiger charge is 2.22. The Morgan fingerprint density at radius 3 is 2.29 bits per heavy atom. The van der Waals surface area contributed by atoms with Crippen LogP contribution in [0.5, 0.6) is 0 Å². The van der Waals surface area contributed by atoms with Gasteiger partial charge in [-0.1, -0.05) is 72.9 Å². The third-order valence-electron chi connectivity index (χ3n) is 5.82. The van der Waals surface area contributed by atoms with E-state index in [1.807, 2.05) is 42.5 Å². The monoisotopic (exact) mass is 492 g/mol. The Bertz CT molecular complexity index is 1390. The lowest BCUT2D eigenvalue weighted by atomic mass is 10.1. The van der Waals surface area contributed by atoms with Crippen LogP contribution < -0.4 is 4.90 Å². The summed E-state index contributed by atoms with van der Waals surface area (Å²) in [5, 5.41) is 0.178. The molecule has 4 aromatic rings. The molecule has 0 saturated carbocycles. The van der Waals surface area contributed by atoms with E-state index in [4.69, 9.17) is 4.98 Å². The van der Waals surface area contributed by atoms with Gasteiger partial charge < -0.3 is 0 Å². The predicted octanol–water partition coefficient (Wildman–Crippen LogP) is 5.82. The van der Waals surface area contributed by atoms with Crippen molar-refractivity contribution in [1.82, 2.24) is 4.98 Å². The Labute approximate surface area is 205 Å². The SMILES string of the molecule is CCc1cccc2sc(N(Cc3ccccc3)C(=O)Cc3ccc(S(=O)(=O)C(C)C)cc3)nc12. The molecule has 0 fully saturated rings. The van der Waals surface area contributed by atoms with Crippen molar-refractivity contribution in [2.75, 3.05) is 4.90 Å². The lowest BCUT2D eigenvalue weighted by Gasteiger charge is -2.20. The molecule has 1 heterocycles. The highest BCUT2D eigenvalue weighted by Crippen LogP contribution is 2.32. The van der Waals surface area contributed by atoms with Crippen molar-refractivity contribution in [2.24, 2.45) is 0 Å². The number of hydrogen-bond acceptors (Lipinski definition) is 5. The fraction of sp³-hybridized carbons (Fsp3) is 0.259. The van der Waals surface area contributed by atoms with Gasteiger partial charge in [0.25, 0.3) is 0 Å². The second-order valence-electron chi connectivity index (χ2n) is 8.49. The average Bonchev–Trinajstić information content (AvgIpc) is 3.27. The maximum absolute atomic E-state index is 13.5. The van der Waals surface area contributed by atoms with E-state index in [0.29, 0.717) is 11.7 Å². The third-order valence-corrected chi connectivity index (χ3v) is 9.03. The normalized spacial score (nSPS) is 11.8. The van der Waals surface area contributed by atoms with E-state index >= 15 is 0 Å². The number of carbonyl (C=O) groups excluding carboxylic acids is 1. The quantitative estimate of drug-likeness (QED) is 0.311. The molecule has 0 aliphatic heterocycles. The lowest BCUT2D eigenvalue weighted by molar-refractivity contribution is -0.118. The molecule has 0 atom stereocenters. The highest BCUT2D eigenvalue weighted by atomic mass is 32.2. The molecule has 1 amide bonds. The van der Waals surface area contributed by atoms with E-state index in [1.54, 1.807) is 43.0 Å². The molecule has 0 aliphatic rings. The maximum Gasteiger partial charge on any atom is 0.233 e. The number of hydrogen-bond donors (Lipinski definition) is 0. The summed E-state index contributed by atoms with van der Waals surface area (Å²) in [6.07, 6.45) is 1.03. The van der Waals surface area contributed by atoms with Gasteiger partial charge in [0, 0.05) is 0 Å². The Balaban J connectivity index is 1.65. The maximum atomic E-state index is 13.5. The van der Waals surface area contributed by atoms with Crippen LogP contribution in [0.4, 0.5) is 5.13 Å². The zero-order chi connectivity index (χ0) is 24.3. The first-order valence-corrected chi connectivity index (χ1v) is 13.7. The summed E-state index contributed by atoms with van der Waals surface area (Å²) in [6, 6.07) is 22.6. The molecule has 1 aromatic heterocycles. The summed E-state index contributed by atoms with van der Waals surface area (Å²) < 4.78 is 25.9. The molecular formula is C27H28N2O3S2. The van der Waals surface area contributed by atoms with E-state index in [1.165, 1.54) is 11.3 Å². The Hall–Kier alpha value is -3.03. The van der Waals surface area contributed by atoms with E-state index in [-0.39, 0.29) is 17.2 Å². The summed E-state index contributed by atoms with van der Waals surface area (Å²) in [7, 11) is -3.35. The number of anilines is 1. The molecule has 0 N–H and O–H groups in total. The van der Waals surface area contributed by atoms with Gasteiger partial charge in [0.2, 0.25) is 5.91 Å². The first-order valence-electron chi connectivity index (χ1n) is 11.3. The van der Waals surface area contributed by atoms with E-state index in [9.17, 15) is 13.2 Å². The first-order chi connectivity index (χ1) is 16.3. The number of sulfone groups is 1. The first kappa shape index (κ1) is 24.1. The number of amides is 1. The number of fused-ring (bicyclic) bond motifs is 1. The topological polar surface area (TPSA) is 67.3 Å². The van der Waals surface area contributed by atoms with Gasteiger partial charge in [-0.2, -0.15) is 0 Å². The standard InChI is InChI=1S/C27H28N2O3S2/c1-4-22-11-8-12-24-26(22)28-27(33-24)29(18-21-9-6-5-7-10-21)25(30)17-20-13-15-23(16-14-20)34(31,32)19(2)3/h5-16,19H,4,17-18H2,1-3H3. The summed E-state index contributed by atoms with van der Waals surface area (Å²) in [5.74, 6) is -0.0829. The van der Waals surface area contributed by atoms with E-state index in [0.717, 1.165) is 33.3 Å².